The minimum atomic E-state index is -0.863. The molecule has 1 aliphatic carbocycles. The highest BCUT2D eigenvalue weighted by molar-refractivity contribution is 7.11. The van der Waals surface area contributed by atoms with E-state index < -0.39 is 11.5 Å². The van der Waals surface area contributed by atoms with Gasteiger partial charge in [-0.3, -0.25) is 9.59 Å². The van der Waals surface area contributed by atoms with Crippen molar-refractivity contribution in [3.8, 4) is 0 Å². The van der Waals surface area contributed by atoms with Crippen molar-refractivity contribution in [1.82, 2.24) is 10.3 Å². The molecule has 0 aliphatic heterocycles. The van der Waals surface area contributed by atoms with Gasteiger partial charge >= 0.3 is 5.97 Å². The van der Waals surface area contributed by atoms with E-state index in [-0.39, 0.29) is 12.3 Å². The van der Waals surface area contributed by atoms with Gasteiger partial charge in [-0.05, 0) is 19.8 Å². The number of hydrogen-bond donors (Lipinski definition) is 2. The predicted molar refractivity (Wildman–Crippen MR) is 67.8 cm³/mol. The number of carboxylic acids is 1. The lowest BCUT2D eigenvalue weighted by molar-refractivity contribution is -0.138. The predicted octanol–water partition coefficient (Wildman–Crippen LogP) is 1.97. The van der Waals surface area contributed by atoms with E-state index in [2.05, 4.69) is 10.3 Å². The van der Waals surface area contributed by atoms with Crippen LogP contribution in [-0.2, 0) is 4.79 Å². The topological polar surface area (TPSA) is 79.3 Å². The number of rotatable bonds is 4. The number of carbonyl (C=O) groups excluding carboxylic acids is 1. The van der Waals surface area contributed by atoms with Crippen LogP contribution < -0.4 is 5.32 Å². The molecular formula is C12H16N2O3S. The smallest absolute Gasteiger partial charge is 0.305 e. The molecule has 0 aromatic carbocycles. The van der Waals surface area contributed by atoms with E-state index in [0.717, 1.165) is 25.7 Å². The molecular weight excluding hydrogens is 252 g/mol. The van der Waals surface area contributed by atoms with Gasteiger partial charge in [0.1, 0.15) is 4.88 Å². The minimum absolute atomic E-state index is 0.00338. The van der Waals surface area contributed by atoms with Gasteiger partial charge in [-0.2, -0.15) is 0 Å². The van der Waals surface area contributed by atoms with Crippen molar-refractivity contribution in [1.29, 1.82) is 0 Å². The second-order valence-corrected chi connectivity index (χ2v) is 5.63. The molecule has 1 aromatic rings. The zero-order valence-corrected chi connectivity index (χ0v) is 11.0. The largest absolute Gasteiger partial charge is 0.481 e. The van der Waals surface area contributed by atoms with Crippen molar-refractivity contribution < 1.29 is 14.7 Å². The number of carboxylic acid groups (broad SMARTS) is 1. The molecule has 1 aliphatic rings. The molecule has 0 atom stereocenters. The molecule has 1 heterocycles. The van der Waals surface area contributed by atoms with Crippen LogP contribution in [0.15, 0.2) is 5.51 Å². The summed E-state index contributed by atoms with van der Waals surface area (Å²) in [6.07, 6.45) is 3.41. The summed E-state index contributed by atoms with van der Waals surface area (Å²) in [6, 6.07) is 0. The lowest BCUT2D eigenvalue weighted by Gasteiger charge is -2.28. The van der Waals surface area contributed by atoms with Crippen LogP contribution in [0.1, 0.15) is 47.5 Å². The Labute approximate surface area is 109 Å². The quantitative estimate of drug-likeness (QED) is 0.875. The van der Waals surface area contributed by atoms with Gasteiger partial charge in [0.15, 0.2) is 0 Å². The Morgan fingerprint density at radius 3 is 2.67 bits per heavy atom. The van der Waals surface area contributed by atoms with Gasteiger partial charge in [0.05, 0.1) is 23.2 Å². The fourth-order valence-electron chi connectivity index (χ4n) is 2.50. The van der Waals surface area contributed by atoms with Crippen molar-refractivity contribution in [2.75, 3.05) is 0 Å². The van der Waals surface area contributed by atoms with Gasteiger partial charge in [-0.25, -0.2) is 4.98 Å². The Bertz CT molecular complexity index is 464. The molecule has 1 fully saturated rings. The summed E-state index contributed by atoms with van der Waals surface area (Å²) in [5.41, 5.74) is 1.75. The third-order valence-electron chi connectivity index (χ3n) is 3.38. The fourth-order valence-corrected chi connectivity index (χ4v) is 3.20. The second kappa shape index (κ2) is 5.06. The average molecular weight is 268 g/mol. The van der Waals surface area contributed by atoms with E-state index in [1.54, 1.807) is 12.4 Å². The van der Waals surface area contributed by atoms with Crippen LogP contribution >= 0.6 is 11.3 Å². The van der Waals surface area contributed by atoms with Crippen LogP contribution in [0.2, 0.25) is 0 Å². The number of aromatic nitrogens is 1. The first-order valence-corrected chi connectivity index (χ1v) is 6.85. The highest BCUT2D eigenvalue weighted by Gasteiger charge is 2.38. The Morgan fingerprint density at radius 1 is 1.50 bits per heavy atom. The number of thiazole rings is 1. The van der Waals surface area contributed by atoms with Gasteiger partial charge < -0.3 is 10.4 Å². The van der Waals surface area contributed by atoms with E-state index in [4.69, 9.17) is 5.11 Å². The molecule has 6 heteroatoms. The summed E-state index contributed by atoms with van der Waals surface area (Å²) in [5, 5.41) is 11.9. The molecule has 2 N–H and O–H groups in total. The highest BCUT2D eigenvalue weighted by Crippen LogP contribution is 2.33. The summed E-state index contributed by atoms with van der Waals surface area (Å²) >= 11 is 1.29. The third kappa shape index (κ3) is 2.69. The van der Waals surface area contributed by atoms with Crippen LogP contribution in [0.3, 0.4) is 0 Å². The summed E-state index contributed by atoms with van der Waals surface area (Å²) in [7, 11) is 0. The van der Waals surface area contributed by atoms with Gasteiger partial charge in [0.2, 0.25) is 0 Å². The summed E-state index contributed by atoms with van der Waals surface area (Å²) in [4.78, 5) is 27.7. The highest BCUT2D eigenvalue weighted by atomic mass is 32.1. The second-order valence-electron chi connectivity index (χ2n) is 4.78. The maximum absolute atomic E-state index is 12.1. The number of amides is 1. The minimum Gasteiger partial charge on any atom is -0.481 e. The Balaban J connectivity index is 2.12. The molecule has 98 valence electrons. The molecule has 0 saturated heterocycles. The molecule has 1 aromatic heterocycles. The lowest BCUT2D eigenvalue weighted by Crippen LogP contribution is -2.47. The molecule has 2 rings (SSSR count). The molecule has 18 heavy (non-hydrogen) atoms. The van der Waals surface area contributed by atoms with E-state index in [9.17, 15) is 9.59 Å². The SMILES string of the molecule is Cc1ncsc1C(=O)NC1(CC(=O)O)CCCC1. The molecule has 0 spiro atoms. The van der Waals surface area contributed by atoms with Gasteiger partial charge in [-0.15, -0.1) is 11.3 Å². The number of carbonyl (C=O) groups is 2. The van der Waals surface area contributed by atoms with Gasteiger partial charge in [-0.1, -0.05) is 12.8 Å². The maximum atomic E-state index is 12.1. The fraction of sp³-hybridized carbons (Fsp3) is 0.583. The van der Waals surface area contributed by atoms with Crippen LogP contribution in [0, 0.1) is 6.92 Å². The summed E-state index contributed by atoms with van der Waals surface area (Å²) < 4.78 is 0. The van der Waals surface area contributed by atoms with Crippen LogP contribution in [0.4, 0.5) is 0 Å². The zero-order valence-electron chi connectivity index (χ0n) is 10.2. The molecule has 1 saturated carbocycles. The summed E-state index contributed by atoms with van der Waals surface area (Å²) in [6.45, 7) is 1.78. The molecule has 0 radical (unpaired) electrons. The maximum Gasteiger partial charge on any atom is 0.305 e. The number of aryl methyl sites for hydroxylation is 1. The first kappa shape index (κ1) is 13.0. The van der Waals surface area contributed by atoms with Crippen molar-refractivity contribution in [2.24, 2.45) is 0 Å². The van der Waals surface area contributed by atoms with Crippen molar-refractivity contribution in [3.05, 3.63) is 16.1 Å². The number of nitrogens with zero attached hydrogens (tertiary/aromatic N) is 1. The Hall–Kier alpha value is -1.43. The van der Waals surface area contributed by atoms with Crippen molar-refractivity contribution in [2.45, 2.75) is 44.6 Å². The third-order valence-corrected chi connectivity index (χ3v) is 4.31. The van der Waals surface area contributed by atoms with Crippen LogP contribution in [-0.4, -0.2) is 27.5 Å². The van der Waals surface area contributed by atoms with E-state index in [0.29, 0.717) is 10.6 Å². The standard InChI is InChI=1S/C12H16N2O3S/c1-8-10(18-7-13-8)11(17)14-12(6-9(15)16)4-2-3-5-12/h7H,2-6H2,1H3,(H,14,17)(H,15,16). The lowest BCUT2D eigenvalue weighted by atomic mass is 9.93. The first-order valence-electron chi connectivity index (χ1n) is 5.97. The average Bonchev–Trinajstić information content (AvgIpc) is 2.86. The molecule has 0 unspecified atom stereocenters. The van der Waals surface area contributed by atoms with Crippen LogP contribution in [0.25, 0.3) is 0 Å². The number of hydrogen-bond acceptors (Lipinski definition) is 4. The zero-order chi connectivity index (χ0) is 13.2. The van der Waals surface area contributed by atoms with Crippen LogP contribution in [0.5, 0.6) is 0 Å². The van der Waals surface area contributed by atoms with Crippen molar-refractivity contribution >= 4 is 23.2 Å². The van der Waals surface area contributed by atoms with Gasteiger partial charge in [0, 0.05) is 0 Å². The first-order chi connectivity index (χ1) is 8.52. The molecule has 5 nitrogen and oxygen atoms in total. The number of aliphatic carboxylic acids is 1. The normalized spacial score (nSPS) is 17.6. The molecule has 1 amide bonds. The van der Waals surface area contributed by atoms with Gasteiger partial charge in [0.25, 0.3) is 5.91 Å². The van der Waals surface area contributed by atoms with E-state index in [1.165, 1.54) is 11.3 Å². The molecule has 0 bridgehead atoms. The van der Waals surface area contributed by atoms with E-state index in [1.807, 2.05) is 0 Å². The number of nitrogens with one attached hydrogen (secondary N) is 1. The Morgan fingerprint density at radius 2 is 2.17 bits per heavy atom. The Kier molecular flexibility index (Phi) is 3.65. The van der Waals surface area contributed by atoms with Crippen molar-refractivity contribution in [3.63, 3.8) is 0 Å². The monoisotopic (exact) mass is 268 g/mol. The van der Waals surface area contributed by atoms with E-state index >= 15 is 0 Å². The summed E-state index contributed by atoms with van der Waals surface area (Å²) in [5.74, 6) is -1.06.